The van der Waals surface area contributed by atoms with E-state index in [0.717, 1.165) is 17.5 Å². The first kappa shape index (κ1) is 15.1. The molecule has 18 heavy (non-hydrogen) atoms. The summed E-state index contributed by atoms with van der Waals surface area (Å²) in [5, 5.41) is 0. The Morgan fingerprint density at radius 3 is 2.39 bits per heavy atom. The molecular weight excluding hydrogens is 248 g/mol. The maximum Gasteiger partial charge on any atom is 0.215 e. The molecular formula is C13H22N2O2S. The average molecular weight is 270 g/mol. The Hall–Kier alpha value is -0.910. The zero-order chi connectivity index (χ0) is 13.6. The normalized spacial score (nSPS) is 12.0. The Balaban J connectivity index is 2.65. The lowest BCUT2D eigenvalue weighted by molar-refractivity contribution is 0.551. The molecule has 4 nitrogen and oxygen atoms in total. The van der Waals surface area contributed by atoms with Crippen LogP contribution in [0.25, 0.3) is 0 Å². The van der Waals surface area contributed by atoms with Crippen LogP contribution in [0, 0.1) is 5.92 Å². The smallest absolute Gasteiger partial charge is 0.215 e. The van der Waals surface area contributed by atoms with Crippen molar-refractivity contribution < 1.29 is 8.42 Å². The third kappa shape index (κ3) is 5.16. The van der Waals surface area contributed by atoms with Gasteiger partial charge in [0.15, 0.2) is 0 Å². The SMILES string of the molecule is CC(C)CCNS(=O)(=O)Cc1ccccc1CN. The van der Waals surface area contributed by atoms with Crippen molar-refractivity contribution in [1.82, 2.24) is 4.72 Å². The minimum Gasteiger partial charge on any atom is -0.326 e. The molecule has 0 atom stereocenters. The summed E-state index contributed by atoms with van der Waals surface area (Å²) in [6.45, 7) is 4.98. The fraction of sp³-hybridized carbons (Fsp3) is 0.538. The van der Waals surface area contributed by atoms with Crippen LogP contribution in [0.15, 0.2) is 24.3 Å². The summed E-state index contributed by atoms with van der Waals surface area (Å²) in [4.78, 5) is 0. The topological polar surface area (TPSA) is 72.2 Å². The first-order chi connectivity index (χ1) is 8.44. The number of hydrogen-bond donors (Lipinski definition) is 2. The van der Waals surface area contributed by atoms with Gasteiger partial charge in [-0.2, -0.15) is 0 Å². The van der Waals surface area contributed by atoms with Crippen molar-refractivity contribution in [1.29, 1.82) is 0 Å². The molecule has 0 aliphatic carbocycles. The van der Waals surface area contributed by atoms with Gasteiger partial charge < -0.3 is 5.73 Å². The van der Waals surface area contributed by atoms with E-state index >= 15 is 0 Å². The molecule has 0 aromatic heterocycles. The standard InChI is InChI=1S/C13H22N2O2S/c1-11(2)7-8-15-18(16,17)10-13-6-4-3-5-12(13)9-14/h3-6,11,15H,7-10,14H2,1-2H3. The summed E-state index contributed by atoms with van der Waals surface area (Å²) in [6, 6.07) is 7.37. The van der Waals surface area contributed by atoms with Gasteiger partial charge >= 0.3 is 0 Å². The molecule has 0 radical (unpaired) electrons. The molecule has 5 heteroatoms. The second kappa shape index (κ2) is 6.87. The average Bonchev–Trinajstić information content (AvgIpc) is 2.28. The minimum atomic E-state index is -3.27. The van der Waals surface area contributed by atoms with E-state index in [0.29, 0.717) is 19.0 Å². The van der Waals surface area contributed by atoms with Crippen LogP contribution >= 0.6 is 0 Å². The zero-order valence-electron chi connectivity index (χ0n) is 11.0. The molecule has 1 aromatic carbocycles. The summed E-state index contributed by atoms with van der Waals surface area (Å²) >= 11 is 0. The number of nitrogens with two attached hydrogens (primary N) is 1. The fourth-order valence-electron chi connectivity index (χ4n) is 1.66. The van der Waals surface area contributed by atoms with Gasteiger partial charge in [-0.15, -0.1) is 0 Å². The molecule has 1 aromatic rings. The van der Waals surface area contributed by atoms with Crippen molar-refractivity contribution in [2.45, 2.75) is 32.6 Å². The van der Waals surface area contributed by atoms with E-state index in [1.54, 1.807) is 0 Å². The first-order valence-electron chi connectivity index (χ1n) is 6.19. The lowest BCUT2D eigenvalue weighted by atomic mass is 10.1. The van der Waals surface area contributed by atoms with Gasteiger partial charge in [0, 0.05) is 13.1 Å². The predicted octanol–water partition coefficient (Wildman–Crippen LogP) is 1.61. The Kier molecular flexibility index (Phi) is 5.78. The lowest BCUT2D eigenvalue weighted by Gasteiger charge is -2.10. The zero-order valence-corrected chi connectivity index (χ0v) is 11.8. The van der Waals surface area contributed by atoms with E-state index in [2.05, 4.69) is 18.6 Å². The maximum atomic E-state index is 11.9. The molecule has 102 valence electrons. The Labute approximate surface area is 110 Å². The quantitative estimate of drug-likeness (QED) is 0.790. The molecule has 1 rings (SSSR count). The highest BCUT2D eigenvalue weighted by Gasteiger charge is 2.13. The highest BCUT2D eigenvalue weighted by atomic mass is 32.2. The molecule has 0 saturated carbocycles. The largest absolute Gasteiger partial charge is 0.326 e. The second-order valence-corrected chi connectivity index (χ2v) is 6.62. The van der Waals surface area contributed by atoms with E-state index < -0.39 is 10.0 Å². The molecule has 0 bridgehead atoms. The van der Waals surface area contributed by atoms with Crippen LogP contribution in [0.2, 0.25) is 0 Å². The molecule has 0 aliphatic rings. The number of rotatable bonds is 7. The minimum absolute atomic E-state index is 0.00152. The predicted molar refractivity (Wildman–Crippen MR) is 74.4 cm³/mol. The van der Waals surface area contributed by atoms with Crippen molar-refractivity contribution in [2.75, 3.05) is 6.54 Å². The van der Waals surface area contributed by atoms with E-state index in [9.17, 15) is 8.42 Å². The summed E-state index contributed by atoms with van der Waals surface area (Å²) in [5.41, 5.74) is 7.25. The molecule has 0 aliphatic heterocycles. The van der Waals surface area contributed by atoms with Gasteiger partial charge in [0.05, 0.1) is 5.75 Å². The number of hydrogen-bond acceptors (Lipinski definition) is 3. The van der Waals surface area contributed by atoms with E-state index in [1.165, 1.54) is 0 Å². The van der Waals surface area contributed by atoms with Gasteiger partial charge in [-0.05, 0) is 23.5 Å². The molecule has 0 amide bonds. The monoisotopic (exact) mass is 270 g/mol. The van der Waals surface area contributed by atoms with Gasteiger partial charge in [-0.1, -0.05) is 38.1 Å². The van der Waals surface area contributed by atoms with Crippen LogP contribution in [0.5, 0.6) is 0 Å². The molecule has 0 saturated heterocycles. The number of benzene rings is 1. The van der Waals surface area contributed by atoms with Crippen LogP contribution in [-0.4, -0.2) is 15.0 Å². The number of nitrogens with one attached hydrogen (secondary N) is 1. The molecule has 0 spiro atoms. The van der Waals surface area contributed by atoms with Gasteiger partial charge in [0.1, 0.15) is 0 Å². The summed E-state index contributed by atoms with van der Waals surface area (Å²) in [7, 11) is -3.27. The van der Waals surface area contributed by atoms with Gasteiger partial charge in [-0.3, -0.25) is 0 Å². The molecule has 0 fully saturated rings. The fourth-order valence-corrected chi connectivity index (χ4v) is 2.88. The van der Waals surface area contributed by atoms with Crippen molar-refractivity contribution >= 4 is 10.0 Å². The summed E-state index contributed by atoms with van der Waals surface area (Å²) < 4.78 is 26.4. The molecule has 0 unspecified atom stereocenters. The van der Waals surface area contributed by atoms with Gasteiger partial charge in [-0.25, -0.2) is 13.1 Å². The highest BCUT2D eigenvalue weighted by Crippen LogP contribution is 2.11. The Morgan fingerprint density at radius 2 is 1.83 bits per heavy atom. The third-order valence-corrected chi connectivity index (χ3v) is 4.06. The maximum absolute atomic E-state index is 11.9. The summed E-state index contributed by atoms with van der Waals surface area (Å²) in [5.74, 6) is 0.488. The van der Waals surface area contributed by atoms with Crippen LogP contribution in [0.3, 0.4) is 0 Å². The van der Waals surface area contributed by atoms with Gasteiger partial charge in [0.25, 0.3) is 0 Å². The van der Waals surface area contributed by atoms with Crippen molar-refractivity contribution in [3.63, 3.8) is 0 Å². The lowest BCUT2D eigenvalue weighted by Crippen LogP contribution is -2.27. The highest BCUT2D eigenvalue weighted by molar-refractivity contribution is 7.88. The van der Waals surface area contributed by atoms with Crippen molar-refractivity contribution in [3.05, 3.63) is 35.4 Å². The summed E-state index contributed by atoms with van der Waals surface area (Å²) in [6.07, 6.45) is 0.845. The molecule has 0 heterocycles. The Morgan fingerprint density at radius 1 is 1.22 bits per heavy atom. The first-order valence-corrected chi connectivity index (χ1v) is 7.84. The van der Waals surface area contributed by atoms with Crippen molar-refractivity contribution in [2.24, 2.45) is 11.7 Å². The van der Waals surface area contributed by atoms with E-state index in [4.69, 9.17) is 5.73 Å². The van der Waals surface area contributed by atoms with E-state index in [-0.39, 0.29) is 5.75 Å². The van der Waals surface area contributed by atoms with Crippen LogP contribution < -0.4 is 10.5 Å². The molecule has 3 N–H and O–H groups in total. The second-order valence-electron chi connectivity index (χ2n) is 4.81. The van der Waals surface area contributed by atoms with E-state index in [1.807, 2.05) is 24.3 Å². The van der Waals surface area contributed by atoms with Gasteiger partial charge in [0.2, 0.25) is 10.0 Å². The van der Waals surface area contributed by atoms with Crippen molar-refractivity contribution in [3.8, 4) is 0 Å². The third-order valence-electron chi connectivity index (χ3n) is 2.73. The number of sulfonamides is 1. The Bertz CT molecular complexity index is 470. The van der Waals surface area contributed by atoms with Crippen LogP contribution in [0.1, 0.15) is 31.4 Å². The van der Waals surface area contributed by atoms with Crippen LogP contribution in [0.4, 0.5) is 0 Å². The van der Waals surface area contributed by atoms with Crippen LogP contribution in [-0.2, 0) is 22.3 Å².